The highest BCUT2D eigenvalue weighted by atomic mass is 32.2. The zero-order valence-corrected chi connectivity index (χ0v) is 22.8. The summed E-state index contributed by atoms with van der Waals surface area (Å²) in [4.78, 5) is 15.4. The van der Waals surface area contributed by atoms with Crippen molar-refractivity contribution in [1.29, 1.82) is 0 Å². The smallest absolute Gasteiger partial charge is 0.267 e. The van der Waals surface area contributed by atoms with Gasteiger partial charge in [-0.05, 0) is 70.9 Å². The van der Waals surface area contributed by atoms with Gasteiger partial charge in [-0.15, -0.1) is 5.10 Å². The van der Waals surface area contributed by atoms with E-state index in [0.717, 1.165) is 22.4 Å². The number of furan rings is 1. The van der Waals surface area contributed by atoms with Gasteiger partial charge in [0, 0.05) is 0 Å². The van der Waals surface area contributed by atoms with Crippen LogP contribution < -0.4 is 14.2 Å². The molecule has 202 valence electrons. The Bertz CT molecular complexity index is 1550. The maximum atomic E-state index is 13.4. The van der Waals surface area contributed by atoms with Crippen LogP contribution in [0.3, 0.4) is 0 Å². The molecular weight excluding hydrogens is 526 g/mol. The number of carbonyl (C=O) groups excluding carboxylic acids is 1. The van der Waals surface area contributed by atoms with Gasteiger partial charge in [0.05, 0.1) is 38.1 Å². The van der Waals surface area contributed by atoms with Crippen molar-refractivity contribution in [3.05, 3.63) is 119 Å². The Balaban J connectivity index is 1.35. The third-order valence-electron chi connectivity index (χ3n) is 5.94. The molecule has 0 radical (unpaired) electrons. The summed E-state index contributed by atoms with van der Waals surface area (Å²) in [5.41, 5.74) is 2.70. The summed E-state index contributed by atoms with van der Waals surface area (Å²) in [6.45, 7) is 0.707. The molecule has 0 spiro atoms. The molecule has 1 aliphatic heterocycles. The van der Waals surface area contributed by atoms with Gasteiger partial charge in [-0.25, -0.2) is 0 Å². The Morgan fingerprint density at radius 1 is 0.900 bits per heavy atom. The lowest BCUT2D eigenvalue weighted by atomic mass is 10.2. The first kappa shape index (κ1) is 26.8. The number of hydrogen-bond donors (Lipinski definition) is 0. The van der Waals surface area contributed by atoms with E-state index in [2.05, 4.69) is 10.2 Å². The zero-order chi connectivity index (χ0) is 27.7. The summed E-state index contributed by atoms with van der Waals surface area (Å²) in [5.74, 6) is 2.36. The van der Waals surface area contributed by atoms with E-state index in [0.29, 0.717) is 33.9 Å². The molecule has 1 saturated heterocycles. The van der Waals surface area contributed by atoms with Gasteiger partial charge in [-0.1, -0.05) is 48.5 Å². The van der Waals surface area contributed by atoms with Crippen molar-refractivity contribution >= 4 is 35.1 Å². The molecule has 9 heteroatoms. The first-order chi connectivity index (χ1) is 19.6. The number of rotatable bonds is 10. The minimum atomic E-state index is -0.193. The number of carbonyl (C=O) groups is 1. The van der Waals surface area contributed by atoms with Crippen LogP contribution in [0.5, 0.6) is 17.2 Å². The molecule has 8 nitrogen and oxygen atoms in total. The lowest BCUT2D eigenvalue weighted by Gasteiger charge is -2.12. The van der Waals surface area contributed by atoms with Crippen molar-refractivity contribution in [2.24, 2.45) is 10.2 Å². The van der Waals surface area contributed by atoms with E-state index >= 15 is 0 Å². The lowest BCUT2D eigenvalue weighted by Crippen LogP contribution is -2.28. The Morgan fingerprint density at radius 3 is 2.52 bits per heavy atom. The van der Waals surface area contributed by atoms with Crippen molar-refractivity contribution in [3.8, 4) is 17.2 Å². The van der Waals surface area contributed by atoms with E-state index in [9.17, 15) is 4.79 Å². The third kappa shape index (κ3) is 6.62. The zero-order valence-electron chi connectivity index (χ0n) is 22.0. The second-order valence-corrected chi connectivity index (χ2v) is 9.68. The van der Waals surface area contributed by atoms with Crippen LogP contribution in [0.15, 0.2) is 111 Å². The number of ether oxygens (including phenoxy) is 3. The van der Waals surface area contributed by atoms with Gasteiger partial charge in [0.25, 0.3) is 5.91 Å². The Kier molecular flexibility index (Phi) is 8.63. The van der Waals surface area contributed by atoms with Crippen LogP contribution in [0.4, 0.5) is 0 Å². The molecule has 1 aromatic heterocycles. The molecule has 3 aromatic carbocycles. The highest BCUT2D eigenvalue weighted by molar-refractivity contribution is 8.18. The number of amides is 1. The first-order valence-electron chi connectivity index (χ1n) is 12.5. The number of hydrogen-bond acceptors (Lipinski definition) is 8. The van der Waals surface area contributed by atoms with E-state index in [1.54, 1.807) is 49.8 Å². The van der Waals surface area contributed by atoms with Gasteiger partial charge < -0.3 is 18.6 Å². The van der Waals surface area contributed by atoms with E-state index in [4.69, 9.17) is 18.6 Å². The molecule has 40 heavy (non-hydrogen) atoms. The highest BCUT2D eigenvalue weighted by Crippen LogP contribution is 2.35. The van der Waals surface area contributed by atoms with Gasteiger partial charge in [0.2, 0.25) is 0 Å². The third-order valence-corrected chi connectivity index (χ3v) is 6.94. The quantitative estimate of drug-likeness (QED) is 0.129. The molecule has 0 atom stereocenters. The molecule has 1 aliphatic rings. The number of amidine groups is 1. The highest BCUT2D eigenvalue weighted by Gasteiger charge is 2.34. The standard InChI is InChI=1S/C31H27N3O5S/c1-36-27-14-13-23(17-28(27)37-2)18-29-30(35)34(20-26-12-7-15-38-26)31(40-29)33-32-19-24-10-6-11-25(16-24)39-21-22-8-4-3-5-9-22/h3-19H,20-21H2,1-2H3/b29-18-,32-19-,33-31+. The molecule has 1 amide bonds. The van der Waals surface area contributed by atoms with Gasteiger partial charge in [0.15, 0.2) is 16.7 Å². The van der Waals surface area contributed by atoms with Gasteiger partial charge in [0.1, 0.15) is 18.1 Å². The summed E-state index contributed by atoms with van der Waals surface area (Å²) < 4.78 is 22.1. The molecule has 0 saturated carbocycles. The fourth-order valence-electron chi connectivity index (χ4n) is 3.94. The van der Waals surface area contributed by atoms with Crippen molar-refractivity contribution in [2.45, 2.75) is 13.2 Å². The van der Waals surface area contributed by atoms with Crippen molar-refractivity contribution in [1.82, 2.24) is 4.90 Å². The number of nitrogens with zero attached hydrogens (tertiary/aromatic N) is 3. The average Bonchev–Trinajstić information content (AvgIpc) is 3.61. The van der Waals surface area contributed by atoms with Crippen LogP contribution in [-0.4, -0.2) is 36.4 Å². The Hall–Kier alpha value is -4.76. The first-order valence-corrected chi connectivity index (χ1v) is 13.3. The SMILES string of the molecule is COc1ccc(/C=C2\S/C(=N/N=C\c3cccc(OCc4ccccc4)c3)N(Cc3ccco3)C2=O)cc1OC. The molecule has 0 N–H and O–H groups in total. The minimum Gasteiger partial charge on any atom is -0.493 e. The molecule has 0 bridgehead atoms. The molecule has 4 aromatic rings. The molecule has 5 rings (SSSR count). The van der Waals surface area contributed by atoms with Crippen LogP contribution in [0.1, 0.15) is 22.5 Å². The van der Waals surface area contributed by atoms with Gasteiger partial charge >= 0.3 is 0 Å². The second-order valence-electron chi connectivity index (χ2n) is 8.67. The van der Waals surface area contributed by atoms with Crippen LogP contribution in [0.25, 0.3) is 6.08 Å². The van der Waals surface area contributed by atoms with E-state index in [1.165, 1.54) is 11.8 Å². The molecule has 0 aliphatic carbocycles. The van der Waals surface area contributed by atoms with Crippen molar-refractivity contribution < 1.29 is 23.4 Å². The summed E-state index contributed by atoms with van der Waals surface area (Å²) in [6, 6.07) is 26.6. The Morgan fingerprint density at radius 2 is 1.75 bits per heavy atom. The van der Waals surface area contributed by atoms with Crippen LogP contribution in [0, 0.1) is 0 Å². The summed E-state index contributed by atoms with van der Waals surface area (Å²) in [7, 11) is 3.15. The monoisotopic (exact) mass is 553 g/mol. The van der Waals surface area contributed by atoms with Crippen molar-refractivity contribution in [3.63, 3.8) is 0 Å². The largest absolute Gasteiger partial charge is 0.493 e. The Labute approximate surface area is 236 Å². The topological polar surface area (TPSA) is 85.9 Å². The summed E-state index contributed by atoms with van der Waals surface area (Å²) in [5, 5.41) is 9.13. The summed E-state index contributed by atoms with van der Waals surface area (Å²) in [6.07, 6.45) is 5.00. The normalized spacial score (nSPS) is 15.3. The molecular formula is C31H27N3O5S. The lowest BCUT2D eigenvalue weighted by molar-refractivity contribution is -0.122. The minimum absolute atomic E-state index is 0.193. The molecule has 2 heterocycles. The number of methoxy groups -OCH3 is 2. The van der Waals surface area contributed by atoms with E-state index in [1.807, 2.05) is 72.8 Å². The van der Waals surface area contributed by atoms with Crippen LogP contribution >= 0.6 is 11.8 Å². The van der Waals surface area contributed by atoms with Crippen LogP contribution in [0.2, 0.25) is 0 Å². The van der Waals surface area contributed by atoms with E-state index < -0.39 is 0 Å². The maximum Gasteiger partial charge on any atom is 0.267 e. The fourth-order valence-corrected chi connectivity index (χ4v) is 4.88. The average molecular weight is 554 g/mol. The van der Waals surface area contributed by atoms with Crippen molar-refractivity contribution in [2.75, 3.05) is 14.2 Å². The molecule has 1 fully saturated rings. The summed E-state index contributed by atoms with van der Waals surface area (Å²) >= 11 is 1.25. The van der Waals surface area contributed by atoms with Crippen LogP contribution in [-0.2, 0) is 17.9 Å². The maximum absolute atomic E-state index is 13.4. The van der Waals surface area contributed by atoms with Gasteiger partial charge in [-0.3, -0.25) is 9.69 Å². The second kappa shape index (κ2) is 12.9. The number of thioether (sulfide) groups is 1. The fraction of sp³-hybridized carbons (Fsp3) is 0.129. The molecule has 0 unspecified atom stereocenters. The predicted octanol–water partition coefficient (Wildman–Crippen LogP) is 6.38. The van der Waals surface area contributed by atoms with E-state index in [-0.39, 0.29) is 12.5 Å². The predicted molar refractivity (Wildman–Crippen MR) is 157 cm³/mol. The van der Waals surface area contributed by atoms with Gasteiger partial charge in [-0.2, -0.15) is 5.10 Å². The number of benzene rings is 3.